The van der Waals surface area contributed by atoms with Gasteiger partial charge >= 0.3 is 0 Å². The zero-order valence-electron chi connectivity index (χ0n) is 14.1. The van der Waals surface area contributed by atoms with Gasteiger partial charge < -0.3 is 9.47 Å². The molecule has 5 heteroatoms. The van der Waals surface area contributed by atoms with E-state index in [1.54, 1.807) is 0 Å². The predicted molar refractivity (Wildman–Crippen MR) is 88.6 cm³/mol. The van der Waals surface area contributed by atoms with Crippen LogP contribution in [0.4, 0.5) is 0 Å². The Kier molecular flexibility index (Phi) is 6.14. The summed E-state index contributed by atoms with van der Waals surface area (Å²) in [5, 5.41) is 9.01. The molecule has 0 saturated heterocycles. The molecule has 1 aromatic carbocycles. The van der Waals surface area contributed by atoms with Gasteiger partial charge in [-0.1, -0.05) is 26.7 Å². The minimum absolute atomic E-state index is 0.0123. The van der Waals surface area contributed by atoms with Gasteiger partial charge in [0.2, 0.25) is 23.1 Å². The number of carbonyl (C=O) groups excluding carboxylic acids is 2. The topological polar surface area (TPSA) is 76.4 Å². The number of ether oxygens (including phenoxy) is 2. The maximum Gasteiger partial charge on any atom is 0.232 e. The lowest BCUT2D eigenvalue weighted by molar-refractivity contribution is 0.0746. The van der Waals surface area contributed by atoms with Gasteiger partial charge in [0.05, 0.1) is 24.8 Å². The van der Waals surface area contributed by atoms with E-state index in [4.69, 9.17) is 14.7 Å². The van der Waals surface area contributed by atoms with Crippen LogP contribution >= 0.6 is 0 Å². The van der Waals surface area contributed by atoms with E-state index in [2.05, 4.69) is 0 Å². The SMILES string of the molecule is CCCCOC1=C(OCCCC)C(=O)c2cc(C#N)ccc2C1=O. The smallest absolute Gasteiger partial charge is 0.232 e. The molecule has 1 aromatic rings. The molecule has 0 heterocycles. The summed E-state index contributed by atoms with van der Waals surface area (Å²) in [6, 6.07) is 6.44. The van der Waals surface area contributed by atoms with Crippen molar-refractivity contribution in [1.29, 1.82) is 5.26 Å². The monoisotopic (exact) mass is 327 g/mol. The normalized spacial score (nSPS) is 13.5. The third-order valence-electron chi connectivity index (χ3n) is 3.75. The fourth-order valence-corrected chi connectivity index (χ4v) is 2.35. The summed E-state index contributed by atoms with van der Waals surface area (Å²) in [6.45, 7) is 4.73. The molecule has 0 saturated carbocycles. The standard InChI is InChI=1S/C19H21NO4/c1-3-5-9-23-18-16(21)14-8-7-13(12-20)11-15(14)17(22)19(18)24-10-6-4-2/h7-8,11H,3-6,9-10H2,1-2H3. The number of nitrogens with zero attached hydrogens (tertiary/aromatic N) is 1. The molecule has 0 fully saturated rings. The van der Waals surface area contributed by atoms with Crippen LogP contribution in [0.3, 0.4) is 0 Å². The fraction of sp³-hybridized carbons (Fsp3) is 0.421. The molecule has 1 aliphatic rings. The van der Waals surface area contributed by atoms with E-state index >= 15 is 0 Å². The van der Waals surface area contributed by atoms with Gasteiger partial charge in [0.15, 0.2) is 0 Å². The van der Waals surface area contributed by atoms with Crippen LogP contribution < -0.4 is 0 Å². The minimum Gasteiger partial charge on any atom is -0.486 e. The summed E-state index contributed by atoms with van der Waals surface area (Å²) in [5.41, 5.74) is 0.792. The van der Waals surface area contributed by atoms with Crippen LogP contribution in [0.5, 0.6) is 0 Å². The molecule has 5 nitrogen and oxygen atoms in total. The highest BCUT2D eigenvalue weighted by Crippen LogP contribution is 2.29. The summed E-state index contributed by atoms with van der Waals surface area (Å²) < 4.78 is 11.2. The number of unbranched alkanes of at least 4 members (excludes halogenated alkanes) is 2. The molecule has 0 amide bonds. The number of hydrogen-bond donors (Lipinski definition) is 0. The van der Waals surface area contributed by atoms with Gasteiger partial charge in [-0.2, -0.15) is 5.26 Å². The van der Waals surface area contributed by atoms with E-state index in [1.165, 1.54) is 18.2 Å². The summed E-state index contributed by atoms with van der Waals surface area (Å²) in [4.78, 5) is 25.4. The number of benzene rings is 1. The van der Waals surface area contributed by atoms with E-state index in [0.29, 0.717) is 18.8 Å². The maximum atomic E-state index is 12.7. The molecule has 0 atom stereocenters. The Hall–Kier alpha value is -2.61. The number of hydrogen-bond acceptors (Lipinski definition) is 5. The van der Waals surface area contributed by atoms with E-state index in [0.717, 1.165) is 25.7 Å². The third kappa shape index (κ3) is 3.65. The average Bonchev–Trinajstić information content (AvgIpc) is 2.61. The van der Waals surface area contributed by atoms with Gasteiger partial charge in [-0.15, -0.1) is 0 Å². The number of carbonyl (C=O) groups is 2. The molecule has 0 N–H and O–H groups in total. The minimum atomic E-state index is -0.399. The number of Topliss-reactive ketones (excluding diaryl/α,β-unsaturated/α-hetero) is 2. The number of nitriles is 1. The third-order valence-corrected chi connectivity index (χ3v) is 3.75. The van der Waals surface area contributed by atoms with Crippen molar-refractivity contribution in [1.82, 2.24) is 0 Å². The van der Waals surface area contributed by atoms with E-state index in [-0.39, 0.29) is 28.4 Å². The second-order valence-corrected chi connectivity index (χ2v) is 5.59. The Bertz CT molecular complexity index is 713. The van der Waals surface area contributed by atoms with Crippen LogP contribution in [-0.4, -0.2) is 24.8 Å². The van der Waals surface area contributed by atoms with Crippen LogP contribution in [0.15, 0.2) is 29.7 Å². The summed E-state index contributed by atoms with van der Waals surface area (Å²) in [6.07, 6.45) is 3.39. The Balaban J connectivity index is 2.40. The van der Waals surface area contributed by atoms with Crippen LogP contribution in [-0.2, 0) is 9.47 Å². The molecule has 0 aliphatic heterocycles. The Labute approximate surface area is 141 Å². The Morgan fingerprint density at radius 3 is 1.96 bits per heavy atom. The van der Waals surface area contributed by atoms with E-state index in [1.807, 2.05) is 19.9 Å². The summed E-state index contributed by atoms with van der Waals surface area (Å²) >= 11 is 0. The molecular formula is C19H21NO4. The van der Waals surface area contributed by atoms with Crippen LogP contribution in [0.1, 0.15) is 65.8 Å². The number of ketones is 2. The van der Waals surface area contributed by atoms with Crippen LogP contribution in [0.25, 0.3) is 0 Å². The largest absolute Gasteiger partial charge is 0.486 e. The highest BCUT2D eigenvalue weighted by molar-refractivity contribution is 6.25. The first-order valence-electron chi connectivity index (χ1n) is 8.27. The fourth-order valence-electron chi connectivity index (χ4n) is 2.35. The Morgan fingerprint density at radius 2 is 1.46 bits per heavy atom. The molecule has 0 spiro atoms. The van der Waals surface area contributed by atoms with Gasteiger partial charge in [0.25, 0.3) is 0 Å². The Morgan fingerprint density at radius 1 is 0.917 bits per heavy atom. The van der Waals surface area contributed by atoms with E-state index < -0.39 is 5.78 Å². The summed E-state index contributed by atoms with van der Waals surface area (Å²) in [7, 11) is 0. The first-order valence-corrected chi connectivity index (χ1v) is 8.27. The molecule has 0 radical (unpaired) electrons. The van der Waals surface area contributed by atoms with Crippen LogP contribution in [0.2, 0.25) is 0 Å². The lowest BCUT2D eigenvalue weighted by atomic mass is 9.91. The van der Waals surface area contributed by atoms with Gasteiger partial charge in [-0.05, 0) is 31.0 Å². The number of allylic oxidation sites excluding steroid dienone is 2. The highest BCUT2D eigenvalue weighted by Gasteiger charge is 2.35. The summed E-state index contributed by atoms with van der Waals surface area (Å²) in [5.74, 6) is -0.810. The highest BCUT2D eigenvalue weighted by atomic mass is 16.5. The lowest BCUT2D eigenvalue weighted by Gasteiger charge is -2.21. The van der Waals surface area contributed by atoms with Crippen molar-refractivity contribution in [2.24, 2.45) is 0 Å². The van der Waals surface area contributed by atoms with Crippen molar-refractivity contribution in [3.8, 4) is 6.07 Å². The molecule has 126 valence electrons. The van der Waals surface area contributed by atoms with Crippen molar-refractivity contribution >= 4 is 11.6 Å². The molecule has 0 aromatic heterocycles. The first-order chi connectivity index (χ1) is 11.6. The molecule has 24 heavy (non-hydrogen) atoms. The molecule has 2 rings (SSSR count). The zero-order valence-corrected chi connectivity index (χ0v) is 14.1. The van der Waals surface area contributed by atoms with Crippen molar-refractivity contribution in [2.45, 2.75) is 39.5 Å². The van der Waals surface area contributed by atoms with Gasteiger partial charge in [0, 0.05) is 11.1 Å². The van der Waals surface area contributed by atoms with Crippen molar-refractivity contribution in [2.75, 3.05) is 13.2 Å². The number of rotatable bonds is 8. The number of fused-ring (bicyclic) bond motifs is 1. The second kappa shape index (κ2) is 8.30. The van der Waals surface area contributed by atoms with Crippen molar-refractivity contribution < 1.29 is 19.1 Å². The van der Waals surface area contributed by atoms with Gasteiger partial charge in [-0.3, -0.25) is 9.59 Å². The lowest BCUT2D eigenvalue weighted by Crippen LogP contribution is -2.25. The van der Waals surface area contributed by atoms with E-state index in [9.17, 15) is 9.59 Å². The zero-order chi connectivity index (χ0) is 17.5. The quantitative estimate of drug-likeness (QED) is 0.679. The van der Waals surface area contributed by atoms with Crippen LogP contribution in [0, 0.1) is 11.3 Å². The molecule has 1 aliphatic carbocycles. The van der Waals surface area contributed by atoms with Gasteiger partial charge in [-0.25, -0.2) is 0 Å². The van der Waals surface area contributed by atoms with Crippen molar-refractivity contribution in [3.05, 3.63) is 46.4 Å². The predicted octanol–water partition coefficient (Wildman–Crippen LogP) is 3.78. The molecule has 0 unspecified atom stereocenters. The molecular weight excluding hydrogens is 306 g/mol. The maximum absolute atomic E-state index is 12.7. The van der Waals surface area contributed by atoms with Crippen molar-refractivity contribution in [3.63, 3.8) is 0 Å². The second-order valence-electron chi connectivity index (χ2n) is 5.59. The first kappa shape index (κ1) is 17.7. The van der Waals surface area contributed by atoms with Gasteiger partial charge in [0.1, 0.15) is 0 Å². The average molecular weight is 327 g/mol. The molecule has 0 bridgehead atoms.